The molecule has 124 valence electrons. The molecule has 0 saturated carbocycles. The van der Waals surface area contributed by atoms with E-state index in [1.54, 1.807) is 6.92 Å². The minimum atomic E-state index is -0.615. The molecule has 0 aliphatic carbocycles. The van der Waals surface area contributed by atoms with Gasteiger partial charge in [-0.3, -0.25) is 19.3 Å². The Balaban J connectivity index is 2.95. The second kappa shape index (κ2) is 8.11. The van der Waals surface area contributed by atoms with Gasteiger partial charge in [-0.25, -0.2) is 0 Å². The Morgan fingerprint density at radius 3 is 2.45 bits per heavy atom. The molecule has 0 bridgehead atoms. The Morgan fingerprint density at radius 1 is 1.32 bits per heavy atom. The quantitative estimate of drug-likeness (QED) is 0.785. The maximum absolute atomic E-state index is 12.8. The third kappa shape index (κ3) is 4.42. The molecule has 5 heteroatoms. The van der Waals surface area contributed by atoms with Crippen LogP contribution in [0.25, 0.3) is 0 Å². The van der Waals surface area contributed by atoms with E-state index in [1.165, 1.54) is 11.0 Å². The summed E-state index contributed by atoms with van der Waals surface area (Å²) >= 11 is 0. The molecule has 0 aromatic heterocycles. The second-order valence-electron chi connectivity index (χ2n) is 6.34. The van der Waals surface area contributed by atoms with E-state index in [2.05, 4.69) is 19.2 Å². The van der Waals surface area contributed by atoms with Crippen molar-refractivity contribution in [3.63, 3.8) is 0 Å². The fraction of sp³-hybridized carbons (Fsp3) is 0.706. The van der Waals surface area contributed by atoms with Gasteiger partial charge in [-0.1, -0.05) is 34.1 Å². The van der Waals surface area contributed by atoms with Crippen LogP contribution in [0.2, 0.25) is 0 Å². The standard InChI is InChI=1S/C17H28N2O3/c1-6-8-13(18-15(20)7-2)17(22)19-14(9-11(3)4)12(5)10-16(19)21/h10-11,13-14H,6-9H2,1-5H3,(H,18,20)/t13-,14+/m1/s1. The molecule has 3 amide bonds. The molecule has 0 radical (unpaired) electrons. The van der Waals surface area contributed by atoms with Gasteiger partial charge in [-0.05, 0) is 31.3 Å². The first-order valence-corrected chi connectivity index (χ1v) is 8.16. The molecule has 1 aliphatic rings. The van der Waals surface area contributed by atoms with E-state index >= 15 is 0 Å². The number of carbonyl (C=O) groups excluding carboxylic acids is 3. The molecule has 0 unspecified atom stereocenters. The van der Waals surface area contributed by atoms with E-state index < -0.39 is 6.04 Å². The van der Waals surface area contributed by atoms with Crippen LogP contribution in [0, 0.1) is 5.92 Å². The molecule has 0 aromatic rings. The van der Waals surface area contributed by atoms with E-state index in [0.717, 1.165) is 18.4 Å². The number of carbonyl (C=O) groups is 3. The molecule has 1 heterocycles. The normalized spacial score (nSPS) is 19.4. The Bertz CT molecular complexity index is 469. The van der Waals surface area contributed by atoms with Gasteiger partial charge in [0, 0.05) is 12.5 Å². The summed E-state index contributed by atoms with van der Waals surface area (Å²) in [6.45, 7) is 9.73. The Kier molecular flexibility index (Phi) is 6.78. The van der Waals surface area contributed by atoms with Crippen molar-refractivity contribution in [3.05, 3.63) is 11.6 Å². The highest BCUT2D eigenvalue weighted by Crippen LogP contribution is 2.26. The Morgan fingerprint density at radius 2 is 1.95 bits per heavy atom. The van der Waals surface area contributed by atoms with Crippen molar-refractivity contribution < 1.29 is 14.4 Å². The summed E-state index contributed by atoms with van der Waals surface area (Å²) in [5, 5.41) is 2.75. The molecule has 5 nitrogen and oxygen atoms in total. The highest BCUT2D eigenvalue weighted by atomic mass is 16.2. The number of amides is 3. The summed E-state index contributed by atoms with van der Waals surface area (Å²) in [6.07, 6.45) is 3.93. The molecule has 0 saturated heterocycles. The lowest BCUT2D eigenvalue weighted by atomic mass is 9.98. The van der Waals surface area contributed by atoms with Gasteiger partial charge in [0.25, 0.3) is 11.8 Å². The summed E-state index contributed by atoms with van der Waals surface area (Å²) in [7, 11) is 0. The van der Waals surface area contributed by atoms with Crippen molar-refractivity contribution in [3.8, 4) is 0 Å². The lowest BCUT2D eigenvalue weighted by molar-refractivity contribution is -0.146. The molecule has 1 aliphatic heterocycles. The molecular weight excluding hydrogens is 280 g/mol. The fourth-order valence-electron chi connectivity index (χ4n) is 2.73. The van der Waals surface area contributed by atoms with Crippen LogP contribution >= 0.6 is 0 Å². The van der Waals surface area contributed by atoms with Crippen molar-refractivity contribution in [2.75, 3.05) is 0 Å². The highest BCUT2D eigenvalue weighted by molar-refractivity contribution is 6.06. The molecular formula is C17H28N2O3. The van der Waals surface area contributed by atoms with E-state index in [-0.39, 0.29) is 23.8 Å². The van der Waals surface area contributed by atoms with Gasteiger partial charge in [0.05, 0.1) is 6.04 Å². The van der Waals surface area contributed by atoms with Crippen LogP contribution in [0.3, 0.4) is 0 Å². The molecule has 0 fully saturated rings. The zero-order valence-corrected chi connectivity index (χ0v) is 14.3. The first kappa shape index (κ1) is 18.4. The largest absolute Gasteiger partial charge is 0.344 e. The minimum absolute atomic E-state index is 0.163. The van der Waals surface area contributed by atoms with Gasteiger partial charge in [0.1, 0.15) is 6.04 Å². The summed E-state index contributed by atoms with van der Waals surface area (Å²) < 4.78 is 0. The topological polar surface area (TPSA) is 66.5 Å². The third-order valence-corrected chi connectivity index (χ3v) is 3.89. The van der Waals surface area contributed by atoms with Crippen LogP contribution in [0.15, 0.2) is 11.6 Å². The number of nitrogens with one attached hydrogen (secondary N) is 1. The van der Waals surface area contributed by atoms with Gasteiger partial charge < -0.3 is 5.32 Å². The minimum Gasteiger partial charge on any atom is -0.344 e. The zero-order chi connectivity index (χ0) is 16.9. The third-order valence-electron chi connectivity index (χ3n) is 3.89. The van der Waals surface area contributed by atoms with Crippen LogP contribution in [-0.2, 0) is 14.4 Å². The maximum Gasteiger partial charge on any atom is 0.253 e. The smallest absolute Gasteiger partial charge is 0.253 e. The van der Waals surface area contributed by atoms with Crippen molar-refractivity contribution in [1.82, 2.24) is 10.2 Å². The number of rotatable bonds is 7. The van der Waals surface area contributed by atoms with Gasteiger partial charge >= 0.3 is 0 Å². The van der Waals surface area contributed by atoms with Crippen molar-refractivity contribution in [1.29, 1.82) is 0 Å². The summed E-state index contributed by atoms with van der Waals surface area (Å²) in [5.74, 6) is -0.333. The van der Waals surface area contributed by atoms with Crippen LogP contribution in [0.5, 0.6) is 0 Å². The summed E-state index contributed by atoms with van der Waals surface area (Å²) in [4.78, 5) is 38.0. The predicted octanol–water partition coefficient (Wildman–Crippen LogP) is 2.41. The lowest BCUT2D eigenvalue weighted by Gasteiger charge is -2.30. The number of hydrogen-bond acceptors (Lipinski definition) is 3. The molecule has 2 atom stereocenters. The number of nitrogens with zero attached hydrogens (tertiary/aromatic N) is 1. The Labute approximate surface area is 133 Å². The van der Waals surface area contributed by atoms with E-state index in [9.17, 15) is 14.4 Å². The average Bonchev–Trinajstić information content (AvgIpc) is 2.71. The van der Waals surface area contributed by atoms with Crippen LogP contribution < -0.4 is 5.32 Å². The zero-order valence-electron chi connectivity index (χ0n) is 14.3. The van der Waals surface area contributed by atoms with Gasteiger partial charge in [-0.15, -0.1) is 0 Å². The SMILES string of the molecule is CCC[C@@H](NC(=O)CC)C(=O)N1C(=O)C=C(C)[C@@H]1CC(C)C. The average molecular weight is 308 g/mol. The maximum atomic E-state index is 12.8. The van der Waals surface area contributed by atoms with Crippen LogP contribution in [-0.4, -0.2) is 34.7 Å². The van der Waals surface area contributed by atoms with Crippen LogP contribution in [0.1, 0.15) is 60.3 Å². The highest BCUT2D eigenvalue weighted by Gasteiger charge is 2.38. The predicted molar refractivity (Wildman–Crippen MR) is 86.0 cm³/mol. The van der Waals surface area contributed by atoms with E-state index in [0.29, 0.717) is 18.8 Å². The molecule has 0 aromatic carbocycles. The number of imide groups is 1. The van der Waals surface area contributed by atoms with Gasteiger partial charge in [0.15, 0.2) is 0 Å². The molecule has 1 rings (SSSR count). The van der Waals surface area contributed by atoms with E-state index in [4.69, 9.17) is 0 Å². The van der Waals surface area contributed by atoms with Crippen molar-refractivity contribution >= 4 is 17.7 Å². The van der Waals surface area contributed by atoms with E-state index in [1.807, 2.05) is 13.8 Å². The summed E-state index contributed by atoms with van der Waals surface area (Å²) in [5.41, 5.74) is 0.920. The van der Waals surface area contributed by atoms with Gasteiger partial charge in [-0.2, -0.15) is 0 Å². The molecule has 22 heavy (non-hydrogen) atoms. The number of hydrogen-bond donors (Lipinski definition) is 1. The Hall–Kier alpha value is -1.65. The molecule has 0 spiro atoms. The second-order valence-corrected chi connectivity index (χ2v) is 6.34. The van der Waals surface area contributed by atoms with Crippen molar-refractivity contribution in [2.24, 2.45) is 5.92 Å². The fourth-order valence-corrected chi connectivity index (χ4v) is 2.73. The molecule has 1 N–H and O–H groups in total. The van der Waals surface area contributed by atoms with Gasteiger partial charge in [0.2, 0.25) is 5.91 Å². The monoisotopic (exact) mass is 308 g/mol. The van der Waals surface area contributed by atoms with Crippen LogP contribution in [0.4, 0.5) is 0 Å². The first-order chi connectivity index (χ1) is 10.3. The first-order valence-electron chi connectivity index (χ1n) is 8.16. The van der Waals surface area contributed by atoms with Crippen molar-refractivity contribution in [2.45, 2.75) is 72.4 Å². The summed E-state index contributed by atoms with van der Waals surface area (Å²) in [6, 6.07) is -0.798. The lowest BCUT2D eigenvalue weighted by Crippen LogP contribution is -2.52.